The monoisotopic (exact) mass is 430 g/mol. The molecule has 3 nitrogen and oxygen atoms in total. The Bertz CT molecular complexity index is 708. The number of rotatable bonds is 3. The number of hydrogen-bond acceptors (Lipinski definition) is 3. The van der Waals surface area contributed by atoms with Crippen LogP contribution in [0.15, 0.2) is 42.9 Å². The molecule has 1 aromatic carbocycles. The Kier molecular flexibility index (Phi) is 5.33. The lowest BCUT2D eigenvalue weighted by atomic mass is 9.92. The largest absolute Gasteiger partial charge is 0.309 e. The fraction of sp³-hybridized carbons (Fsp3) is 0.333. The number of hydrogen-bond donors (Lipinski definition) is 1. The molecular weight excluding hydrogens is 416 g/mol. The number of halogens is 2. The lowest BCUT2D eigenvalue weighted by Crippen LogP contribution is -2.23. The zero-order chi connectivity index (χ0) is 15.6. The van der Waals surface area contributed by atoms with Gasteiger partial charge in [0, 0.05) is 14.8 Å². The van der Waals surface area contributed by atoms with Crippen LogP contribution >= 0.6 is 43.6 Å². The third-order valence-electron chi connectivity index (χ3n) is 2.79. The van der Waals surface area contributed by atoms with Gasteiger partial charge in [0.1, 0.15) is 10.3 Å². The number of thioether (sulfide) groups is 1. The zero-order valence-electron chi connectivity index (χ0n) is 12.0. The molecule has 2 rings (SSSR count). The molecule has 0 saturated heterocycles. The number of nitrogens with one attached hydrogen (secondary N) is 1. The third-order valence-corrected chi connectivity index (χ3v) is 5.03. The van der Waals surface area contributed by atoms with Gasteiger partial charge in [0.2, 0.25) is 0 Å². The summed E-state index contributed by atoms with van der Waals surface area (Å²) in [6, 6.07) is 8.07. The Labute approximate surface area is 145 Å². The first kappa shape index (κ1) is 16.8. The van der Waals surface area contributed by atoms with Crippen LogP contribution in [0.2, 0.25) is 0 Å². The number of nitrogens with zero attached hydrogens (tertiary/aromatic N) is 1. The summed E-state index contributed by atoms with van der Waals surface area (Å²) in [5.74, 6) is 1.32. The highest BCUT2D eigenvalue weighted by molar-refractivity contribution is 9.10. The number of H-pyrrole nitrogens is 1. The van der Waals surface area contributed by atoms with Crippen molar-refractivity contribution in [3.8, 4) is 0 Å². The van der Waals surface area contributed by atoms with E-state index < -0.39 is 0 Å². The molecule has 6 heteroatoms. The molecule has 21 heavy (non-hydrogen) atoms. The van der Waals surface area contributed by atoms with Crippen LogP contribution < -0.4 is 5.56 Å². The Hall–Kier alpha value is -0.590. The molecule has 0 bridgehead atoms. The summed E-state index contributed by atoms with van der Waals surface area (Å²) in [6.45, 7) is 6.14. The Balaban J connectivity index is 2.25. The molecule has 1 N–H and O–H groups in total. The third kappa shape index (κ3) is 4.44. The van der Waals surface area contributed by atoms with E-state index in [1.165, 1.54) is 0 Å². The smallest absolute Gasteiger partial charge is 0.265 e. The maximum atomic E-state index is 12.0. The molecule has 0 unspecified atom stereocenters. The summed E-state index contributed by atoms with van der Waals surface area (Å²) in [4.78, 5) is 20.6. The maximum absolute atomic E-state index is 12.0. The van der Waals surface area contributed by atoms with Crippen molar-refractivity contribution < 1.29 is 0 Å². The second-order valence-electron chi connectivity index (χ2n) is 5.67. The Morgan fingerprint density at radius 3 is 2.62 bits per heavy atom. The molecule has 0 aliphatic rings. The molecule has 0 aliphatic carbocycles. The minimum atomic E-state index is -0.178. The van der Waals surface area contributed by atoms with Crippen molar-refractivity contribution >= 4 is 43.6 Å². The first-order chi connectivity index (χ1) is 9.77. The molecule has 0 saturated carbocycles. The fourth-order valence-corrected chi connectivity index (χ4v) is 3.94. The van der Waals surface area contributed by atoms with Gasteiger partial charge in [0.25, 0.3) is 5.56 Å². The molecule has 0 amide bonds. The van der Waals surface area contributed by atoms with E-state index in [2.05, 4.69) is 41.8 Å². The maximum Gasteiger partial charge on any atom is 0.265 e. The van der Waals surface area contributed by atoms with Gasteiger partial charge in [-0.05, 0) is 34.1 Å². The van der Waals surface area contributed by atoms with Crippen LogP contribution in [0.4, 0.5) is 0 Å². The van der Waals surface area contributed by atoms with Gasteiger partial charge in [0.15, 0.2) is 0 Å². The molecule has 112 valence electrons. The molecule has 0 aliphatic heterocycles. The highest BCUT2D eigenvalue weighted by Crippen LogP contribution is 2.27. The quantitative estimate of drug-likeness (QED) is 0.704. The standard InChI is InChI=1S/C15H16Br2N2OS/c1-15(2,3)13-12(17)14(20)19-11(18-13)8-21-10-6-4-5-9(16)7-10/h4-7H,8H2,1-3H3,(H,18,19,20). The lowest BCUT2D eigenvalue weighted by molar-refractivity contribution is 0.558. The van der Waals surface area contributed by atoms with Gasteiger partial charge >= 0.3 is 0 Å². The van der Waals surface area contributed by atoms with Crippen LogP contribution in [-0.2, 0) is 11.2 Å². The van der Waals surface area contributed by atoms with Crippen LogP contribution in [0.1, 0.15) is 32.3 Å². The number of aromatic nitrogens is 2. The van der Waals surface area contributed by atoms with E-state index in [0.29, 0.717) is 16.0 Å². The first-order valence-electron chi connectivity index (χ1n) is 6.45. The highest BCUT2D eigenvalue weighted by Gasteiger charge is 2.21. The van der Waals surface area contributed by atoms with Crippen LogP contribution in [0, 0.1) is 0 Å². The topological polar surface area (TPSA) is 45.8 Å². The van der Waals surface area contributed by atoms with E-state index in [0.717, 1.165) is 15.1 Å². The van der Waals surface area contributed by atoms with Crippen LogP contribution in [0.5, 0.6) is 0 Å². The van der Waals surface area contributed by atoms with E-state index in [9.17, 15) is 4.79 Å². The summed E-state index contributed by atoms with van der Waals surface area (Å²) in [7, 11) is 0. The van der Waals surface area contributed by atoms with Crippen molar-refractivity contribution in [3.05, 3.63) is 55.1 Å². The highest BCUT2D eigenvalue weighted by atomic mass is 79.9. The summed E-state index contributed by atoms with van der Waals surface area (Å²) in [6.07, 6.45) is 0. The molecular formula is C15H16Br2N2OS. The van der Waals surface area contributed by atoms with Gasteiger partial charge in [-0.25, -0.2) is 4.98 Å². The van der Waals surface area contributed by atoms with Crippen LogP contribution in [0.3, 0.4) is 0 Å². The minimum Gasteiger partial charge on any atom is -0.309 e. The fourth-order valence-electron chi connectivity index (χ4n) is 1.78. The average molecular weight is 432 g/mol. The molecule has 0 spiro atoms. The second-order valence-corrected chi connectivity index (χ2v) is 8.43. The van der Waals surface area contributed by atoms with E-state index in [4.69, 9.17) is 0 Å². The Morgan fingerprint density at radius 1 is 1.29 bits per heavy atom. The Morgan fingerprint density at radius 2 is 2.00 bits per heavy atom. The predicted molar refractivity (Wildman–Crippen MR) is 95.0 cm³/mol. The molecule has 2 aromatic rings. The van der Waals surface area contributed by atoms with Crippen molar-refractivity contribution in [1.82, 2.24) is 9.97 Å². The normalized spacial score (nSPS) is 11.7. The van der Waals surface area contributed by atoms with E-state index in [1.54, 1.807) is 11.8 Å². The van der Waals surface area contributed by atoms with Crippen molar-refractivity contribution in [3.63, 3.8) is 0 Å². The van der Waals surface area contributed by atoms with Crippen molar-refractivity contribution in [1.29, 1.82) is 0 Å². The van der Waals surface area contributed by atoms with E-state index in [1.807, 2.05) is 45.0 Å². The molecule has 1 heterocycles. The van der Waals surface area contributed by atoms with Crippen molar-refractivity contribution in [2.45, 2.75) is 36.8 Å². The second kappa shape index (κ2) is 6.67. The van der Waals surface area contributed by atoms with Crippen LogP contribution in [-0.4, -0.2) is 9.97 Å². The molecule has 0 radical (unpaired) electrons. The van der Waals surface area contributed by atoms with Crippen LogP contribution in [0.25, 0.3) is 0 Å². The van der Waals surface area contributed by atoms with Gasteiger partial charge in [-0.2, -0.15) is 0 Å². The summed E-state index contributed by atoms with van der Waals surface area (Å²) in [5, 5.41) is 0. The first-order valence-corrected chi connectivity index (χ1v) is 9.02. The van der Waals surface area contributed by atoms with Crippen molar-refractivity contribution in [2.24, 2.45) is 0 Å². The number of benzene rings is 1. The molecule has 0 atom stereocenters. The van der Waals surface area contributed by atoms with Gasteiger partial charge < -0.3 is 4.98 Å². The SMILES string of the molecule is CC(C)(C)c1nc(CSc2cccc(Br)c2)[nH]c(=O)c1Br. The minimum absolute atomic E-state index is 0.125. The van der Waals surface area contributed by atoms with E-state index in [-0.39, 0.29) is 11.0 Å². The number of aromatic amines is 1. The predicted octanol–water partition coefficient (Wildman–Crippen LogP) is 4.88. The average Bonchev–Trinajstić information content (AvgIpc) is 2.38. The molecule has 1 aromatic heterocycles. The van der Waals surface area contributed by atoms with Gasteiger partial charge in [-0.1, -0.05) is 42.8 Å². The summed E-state index contributed by atoms with van der Waals surface area (Å²) in [5.41, 5.74) is 0.485. The van der Waals surface area contributed by atoms with Crippen molar-refractivity contribution in [2.75, 3.05) is 0 Å². The zero-order valence-corrected chi connectivity index (χ0v) is 16.0. The molecule has 0 fully saturated rings. The lowest BCUT2D eigenvalue weighted by Gasteiger charge is -2.19. The summed E-state index contributed by atoms with van der Waals surface area (Å²) >= 11 is 8.43. The summed E-state index contributed by atoms with van der Waals surface area (Å²) < 4.78 is 1.56. The van der Waals surface area contributed by atoms with E-state index >= 15 is 0 Å². The van der Waals surface area contributed by atoms with Gasteiger partial charge in [0.05, 0.1) is 11.4 Å². The van der Waals surface area contributed by atoms with Gasteiger partial charge in [-0.15, -0.1) is 11.8 Å². The van der Waals surface area contributed by atoms with Gasteiger partial charge in [-0.3, -0.25) is 4.79 Å².